The van der Waals surface area contributed by atoms with Crippen LogP contribution in [0.3, 0.4) is 0 Å². The minimum atomic E-state index is -0.136. The third-order valence-electron chi connectivity index (χ3n) is 3.95. The minimum absolute atomic E-state index is 0.136. The molecule has 0 aliphatic rings. The summed E-state index contributed by atoms with van der Waals surface area (Å²) in [6.07, 6.45) is 5.15. The van der Waals surface area contributed by atoms with Gasteiger partial charge < -0.3 is 14.2 Å². The zero-order valence-corrected chi connectivity index (χ0v) is 16.3. The molecule has 0 amide bonds. The molecular weight excluding hydrogens is 346 g/mol. The topological polar surface area (TPSA) is 47.6 Å². The molecule has 0 unspecified atom stereocenters. The molecule has 2 aromatic rings. The molecule has 0 saturated carbocycles. The van der Waals surface area contributed by atoms with E-state index in [0.29, 0.717) is 13.0 Å². The Morgan fingerprint density at radius 2 is 1.65 bits per heavy atom. The minimum Gasteiger partial charge on any atom is -0.466 e. The van der Waals surface area contributed by atoms with Crippen LogP contribution in [-0.2, 0) is 22.4 Å². The van der Waals surface area contributed by atoms with Gasteiger partial charge in [-0.3, -0.25) is 4.79 Å². The van der Waals surface area contributed by atoms with Crippen LogP contribution in [-0.4, -0.2) is 25.4 Å². The number of carbonyl (C=O) groups is 1. The first-order valence-electron chi connectivity index (χ1n) is 8.99. The third-order valence-corrected chi connectivity index (χ3v) is 4.31. The molecule has 0 saturated heterocycles. The summed E-state index contributed by atoms with van der Waals surface area (Å²) in [6.45, 7) is 3.19. The van der Waals surface area contributed by atoms with E-state index in [0.717, 1.165) is 42.8 Å². The molecule has 0 spiro atoms. The van der Waals surface area contributed by atoms with Gasteiger partial charge in [0.1, 0.15) is 5.75 Å². The number of nitrogens with one attached hydrogen (secondary N) is 1. The van der Waals surface area contributed by atoms with E-state index in [1.165, 1.54) is 17.6 Å². The van der Waals surface area contributed by atoms with Crippen LogP contribution in [0.15, 0.2) is 48.5 Å². The summed E-state index contributed by atoms with van der Waals surface area (Å²) in [6, 6.07) is 16.5. The molecule has 0 aromatic heterocycles. The Bertz CT molecular complexity index is 656. The molecule has 0 aliphatic carbocycles. The third kappa shape index (κ3) is 7.40. The molecule has 0 bridgehead atoms. The number of rotatable bonds is 11. The van der Waals surface area contributed by atoms with Gasteiger partial charge in [0.15, 0.2) is 0 Å². The highest BCUT2D eigenvalue weighted by Crippen LogP contribution is 2.17. The summed E-state index contributed by atoms with van der Waals surface area (Å²) in [5.41, 5.74) is 3.57. The maximum absolute atomic E-state index is 11.4. The Morgan fingerprint density at radius 1 is 1.00 bits per heavy atom. The fourth-order valence-electron chi connectivity index (χ4n) is 2.60. The summed E-state index contributed by atoms with van der Waals surface area (Å²) in [4.78, 5) is 11.4. The summed E-state index contributed by atoms with van der Waals surface area (Å²) in [5, 5.41) is 3.44. The van der Waals surface area contributed by atoms with Crippen molar-refractivity contribution in [1.82, 2.24) is 0 Å². The predicted molar refractivity (Wildman–Crippen MR) is 109 cm³/mol. The zero-order valence-electron chi connectivity index (χ0n) is 15.5. The molecule has 4 nitrogen and oxygen atoms in total. The lowest BCUT2D eigenvalue weighted by molar-refractivity contribution is -0.143. The summed E-state index contributed by atoms with van der Waals surface area (Å²) < 4.78 is 10.3. The number of benzene rings is 2. The summed E-state index contributed by atoms with van der Waals surface area (Å²) in [7, 11) is 0. The van der Waals surface area contributed by atoms with Gasteiger partial charge in [-0.1, -0.05) is 24.3 Å². The van der Waals surface area contributed by atoms with Gasteiger partial charge in [-0.25, -0.2) is 0 Å². The first-order valence-corrected chi connectivity index (χ1v) is 10.1. The lowest BCUT2D eigenvalue weighted by Gasteiger charge is -2.08. The number of anilines is 1. The number of carbonyl (C=O) groups excluding carboxylic acids is 1. The Hall–Kier alpha value is -2.14. The van der Waals surface area contributed by atoms with Crippen LogP contribution in [0, 0.1) is 0 Å². The van der Waals surface area contributed by atoms with Crippen LogP contribution < -0.4 is 9.50 Å². The molecule has 0 atom stereocenters. The van der Waals surface area contributed by atoms with E-state index in [2.05, 4.69) is 41.7 Å². The maximum atomic E-state index is 11.4. The van der Waals surface area contributed by atoms with E-state index in [-0.39, 0.29) is 5.97 Å². The first kappa shape index (κ1) is 20.2. The monoisotopic (exact) mass is 373 g/mol. The molecule has 2 aromatic carbocycles. The highest BCUT2D eigenvalue weighted by molar-refractivity contribution is 7.94. The first-order chi connectivity index (χ1) is 12.7. The van der Waals surface area contributed by atoms with Crippen LogP contribution in [0.1, 0.15) is 30.9 Å². The van der Waals surface area contributed by atoms with Crippen molar-refractivity contribution >= 4 is 23.7 Å². The van der Waals surface area contributed by atoms with Gasteiger partial charge in [-0.05, 0) is 61.6 Å². The van der Waals surface area contributed by atoms with Crippen LogP contribution in [0.5, 0.6) is 5.75 Å². The number of aryl methyl sites for hydroxylation is 2. The predicted octanol–water partition coefficient (Wildman–Crippen LogP) is 4.88. The second kappa shape index (κ2) is 11.5. The van der Waals surface area contributed by atoms with Crippen molar-refractivity contribution in [2.24, 2.45) is 0 Å². The Morgan fingerprint density at radius 3 is 2.31 bits per heavy atom. The highest BCUT2D eigenvalue weighted by atomic mass is 32.2. The zero-order chi connectivity index (χ0) is 18.6. The molecule has 0 aliphatic heterocycles. The summed E-state index contributed by atoms with van der Waals surface area (Å²) in [5.74, 6) is 0.755. The van der Waals surface area contributed by atoms with E-state index < -0.39 is 0 Å². The van der Waals surface area contributed by atoms with E-state index in [1.54, 1.807) is 0 Å². The van der Waals surface area contributed by atoms with Crippen LogP contribution >= 0.6 is 12.0 Å². The Kier molecular flexibility index (Phi) is 8.90. The highest BCUT2D eigenvalue weighted by Gasteiger charge is 2.02. The normalized spacial score (nSPS) is 10.4. The summed E-state index contributed by atoms with van der Waals surface area (Å²) >= 11 is 1.35. The fraction of sp³-hybridized carbons (Fsp3) is 0.381. The number of hydrogen-bond donors (Lipinski definition) is 1. The van der Waals surface area contributed by atoms with Gasteiger partial charge in [0.25, 0.3) is 0 Å². The van der Waals surface area contributed by atoms with E-state index >= 15 is 0 Å². The van der Waals surface area contributed by atoms with Gasteiger partial charge in [-0.15, -0.1) is 0 Å². The van der Waals surface area contributed by atoms with E-state index in [4.69, 9.17) is 8.92 Å². The van der Waals surface area contributed by atoms with E-state index in [9.17, 15) is 4.79 Å². The average molecular weight is 374 g/mol. The SMILES string of the molecule is CCOC(=O)CCc1ccc(NCCCc2ccc(OSC)cc2)cc1. The fourth-order valence-corrected chi connectivity index (χ4v) is 2.91. The number of esters is 1. The van der Waals surface area contributed by atoms with Gasteiger partial charge in [0, 0.05) is 24.9 Å². The molecule has 5 heteroatoms. The average Bonchev–Trinajstić information content (AvgIpc) is 2.66. The molecule has 0 heterocycles. The van der Waals surface area contributed by atoms with Crippen LogP contribution in [0.25, 0.3) is 0 Å². The molecule has 26 heavy (non-hydrogen) atoms. The Balaban J connectivity index is 1.67. The van der Waals surface area contributed by atoms with E-state index in [1.807, 2.05) is 25.3 Å². The van der Waals surface area contributed by atoms with Gasteiger partial charge >= 0.3 is 5.97 Å². The Labute approximate surface area is 160 Å². The van der Waals surface area contributed by atoms with Crippen molar-refractivity contribution in [2.45, 2.75) is 32.6 Å². The maximum Gasteiger partial charge on any atom is 0.306 e. The molecule has 2 rings (SSSR count). The molecule has 0 radical (unpaired) electrons. The number of hydrogen-bond acceptors (Lipinski definition) is 5. The van der Waals surface area contributed by atoms with Crippen molar-refractivity contribution in [3.05, 3.63) is 59.7 Å². The standard InChI is InChI=1S/C21H27NO3S/c1-3-24-21(23)15-10-18-6-11-19(12-7-18)22-16-4-5-17-8-13-20(14-9-17)25-26-2/h6-9,11-14,22H,3-5,10,15-16H2,1-2H3. The van der Waals surface area contributed by atoms with Gasteiger partial charge in [0.2, 0.25) is 0 Å². The lowest BCUT2D eigenvalue weighted by atomic mass is 10.1. The second-order valence-electron chi connectivity index (χ2n) is 5.93. The van der Waals surface area contributed by atoms with Crippen molar-refractivity contribution in [3.63, 3.8) is 0 Å². The largest absolute Gasteiger partial charge is 0.466 e. The molecule has 140 valence electrons. The molecule has 0 fully saturated rings. The molecule has 1 N–H and O–H groups in total. The van der Waals surface area contributed by atoms with Gasteiger partial charge in [-0.2, -0.15) is 0 Å². The molecular formula is C21H27NO3S. The van der Waals surface area contributed by atoms with Crippen molar-refractivity contribution < 1.29 is 13.7 Å². The van der Waals surface area contributed by atoms with Crippen LogP contribution in [0.2, 0.25) is 0 Å². The smallest absolute Gasteiger partial charge is 0.306 e. The quantitative estimate of drug-likeness (QED) is 0.345. The van der Waals surface area contributed by atoms with Crippen molar-refractivity contribution in [2.75, 3.05) is 24.7 Å². The number of ether oxygens (including phenoxy) is 1. The van der Waals surface area contributed by atoms with Crippen molar-refractivity contribution in [1.29, 1.82) is 0 Å². The van der Waals surface area contributed by atoms with Crippen LogP contribution in [0.4, 0.5) is 5.69 Å². The second-order valence-corrected chi connectivity index (χ2v) is 6.43. The lowest BCUT2D eigenvalue weighted by Crippen LogP contribution is -2.05. The van der Waals surface area contributed by atoms with Gasteiger partial charge in [0.05, 0.1) is 18.6 Å². The van der Waals surface area contributed by atoms with Crippen molar-refractivity contribution in [3.8, 4) is 5.75 Å².